The number of carbonyl (C=O) groups excluding carboxylic acids is 2. The molecule has 0 bridgehead atoms. The van der Waals surface area contributed by atoms with Gasteiger partial charge in [-0.3, -0.25) is 19.7 Å². The van der Waals surface area contributed by atoms with Gasteiger partial charge in [-0.25, -0.2) is 0 Å². The fourth-order valence-electron chi connectivity index (χ4n) is 3.90. The average molecular weight is 574 g/mol. The molecule has 0 aliphatic rings. The van der Waals surface area contributed by atoms with Crippen molar-refractivity contribution >= 4 is 40.7 Å². The van der Waals surface area contributed by atoms with Gasteiger partial charge in [-0.1, -0.05) is 59.6 Å². The van der Waals surface area contributed by atoms with Crippen molar-refractivity contribution in [2.24, 2.45) is 0 Å². The van der Waals surface area contributed by atoms with Gasteiger partial charge in [0.2, 0.25) is 11.7 Å². The van der Waals surface area contributed by atoms with Crippen LogP contribution >= 0.6 is 23.2 Å². The highest BCUT2D eigenvalue weighted by molar-refractivity contribution is 6.42. The number of hydrogen-bond acceptors (Lipinski definition) is 6. The Morgan fingerprint density at radius 1 is 1.00 bits per heavy atom. The van der Waals surface area contributed by atoms with Crippen LogP contribution in [0.4, 0.5) is 5.69 Å². The molecule has 0 heterocycles. The summed E-state index contributed by atoms with van der Waals surface area (Å²) < 4.78 is 10.8. The van der Waals surface area contributed by atoms with Crippen LogP contribution in [0.25, 0.3) is 0 Å². The molecule has 0 radical (unpaired) electrons. The molecule has 3 rings (SSSR count). The number of amides is 2. The molecule has 9 nitrogen and oxygen atoms in total. The summed E-state index contributed by atoms with van der Waals surface area (Å²) in [5.74, 6) is -0.597. The number of nitrogens with one attached hydrogen (secondary N) is 1. The second-order valence-electron chi connectivity index (χ2n) is 9.02. The highest BCUT2D eigenvalue weighted by Gasteiger charge is 2.31. The Bertz CT molecular complexity index is 1320. The number of nitro benzene ring substituents is 1. The van der Waals surface area contributed by atoms with Gasteiger partial charge in [-0.15, -0.1) is 0 Å². The molecule has 0 saturated heterocycles. The summed E-state index contributed by atoms with van der Waals surface area (Å²) in [6.07, 6.45) is 0.262. The molecule has 0 unspecified atom stereocenters. The van der Waals surface area contributed by atoms with Crippen LogP contribution in [0.15, 0.2) is 66.7 Å². The molecule has 11 heteroatoms. The van der Waals surface area contributed by atoms with Crippen molar-refractivity contribution in [3.8, 4) is 11.5 Å². The normalized spacial score (nSPS) is 11.5. The number of hydrogen-bond donors (Lipinski definition) is 1. The summed E-state index contributed by atoms with van der Waals surface area (Å²) in [6.45, 7) is 3.32. The van der Waals surface area contributed by atoms with Gasteiger partial charge in [0.05, 0.1) is 22.1 Å². The van der Waals surface area contributed by atoms with Gasteiger partial charge in [0.25, 0.3) is 5.91 Å². The SMILES string of the molecule is COc1cc(OCC(=O)N(Cc2ccc(Cl)c(Cl)c2)[C@@H](Cc2ccccc2)C(=O)NC(C)C)ccc1[N+](=O)[O-]. The molecule has 3 aromatic rings. The average Bonchev–Trinajstić information content (AvgIpc) is 2.91. The third-order valence-corrected chi connectivity index (χ3v) is 6.49. The lowest BCUT2D eigenvalue weighted by Gasteiger charge is -2.32. The van der Waals surface area contributed by atoms with Crippen molar-refractivity contribution < 1.29 is 24.0 Å². The van der Waals surface area contributed by atoms with Crippen molar-refractivity contribution in [2.75, 3.05) is 13.7 Å². The van der Waals surface area contributed by atoms with E-state index in [2.05, 4.69) is 5.32 Å². The zero-order valence-corrected chi connectivity index (χ0v) is 23.2. The van der Waals surface area contributed by atoms with E-state index in [1.54, 1.807) is 18.2 Å². The standard InChI is InChI=1S/C28H29Cl2N3O6/c1-18(2)31-28(35)25(14-19-7-5-4-6-8-19)32(16-20-9-11-22(29)23(30)13-20)27(34)17-39-21-10-12-24(33(36)37)26(15-21)38-3/h4-13,15,18,25H,14,16-17H2,1-3H3,(H,31,35)/t25-/m0/s1. The first-order valence-corrected chi connectivity index (χ1v) is 12.9. The summed E-state index contributed by atoms with van der Waals surface area (Å²) in [5.41, 5.74) is 1.31. The lowest BCUT2D eigenvalue weighted by molar-refractivity contribution is -0.385. The molecule has 206 valence electrons. The maximum atomic E-state index is 13.6. The van der Waals surface area contributed by atoms with Gasteiger partial charge < -0.3 is 19.7 Å². The van der Waals surface area contributed by atoms with Gasteiger partial charge >= 0.3 is 5.69 Å². The molecule has 1 atom stereocenters. The number of carbonyl (C=O) groups is 2. The molecule has 0 aliphatic heterocycles. The van der Waals surface area contributed by atoms with Crippen LogP contribution in [0.2, 0.25) is 10.0 Å². The molecule has 39 heavy (non-hydrogen) atoms. The maximum Gasteiger partial charge on any atom is 0.311 e. The molecule has 0 spiro atoms. The summed E-state index contributed by atoms with van der Waals surface area (Å²) in [7, 11) is 1.30. The van der Waals surface area contributed by atoms with E-state index in [-0.39, 0.29) is 42.1 Å². The van der Waals surface area contributed by atoms with E-state index in [0.717, 1.165) is 5.56 Å². The second kappa shape index (κ2) is 13.8. The molecule has 2 amide bonds. The number of nitrogens with zero attached hydrogens (tertiary/aromatic N) is 2. The first kappa shape index (κ1) is 29.7. The summed E-state index contributed by atoms with van der Waals surface area (Å²) in [4.78, 5) is 39.1. The summed E-state index contributed by atoms with van der Waals surface area (Å²) in [6, 6.07) is 17.3. The fraction of sp³-hybridized carbons (Fsp3) is 0.286. The quantitative estimate of drug-likeness (QED) is 0.227. The van der Waals surface area contributed by atoms with E-state index in [9.17, 15) is 19.7 Å². The third kappa shape index (κ3) is 8.33. The molecule has 3 aromatic carbocycles. The minimum Gasteiger partial charge on any atom is -0.490 e. The Labute approximate surface area is 236 Å². The topological polar surface area (TPSA) is 111 Å². The second-order valence-corrected chi connectivity index (χ2v) is 9.83. The van der Waals surface area contributed by atoms with Crippen molar-refractivity contribution in [1.82, 2.24) is 10.2 Å². The molecular formula is C28H29Cl2N3O6. The van der Waals surface area contributed by atoms with Crippen LogP contribution in [-0.2, 0) is 22.6 Å². The van der Waals surface area contributed by atoms with Crippen molar-refractivity contribution in [2.45, 2.75) is 38.9 Å². The van der Waals surface area contributed by atoms with E-state index in [1.165, 1.54) is 30.2 Å². The molecular weight excluding hydrogens is 545 g/mol. The smallest absolute Gasteiger partial charge is 0.311 e. The molecule has 0 saturated carbocycles. The Morgan fingerprint density at radius 2 is 1.72 bits per heavy atom. The first-order chi connectivity index (χ1) is 18.6. The van der Waals surface area contributed by atoms with E-state index < -0.39 is 23.5 Å². The Hall–Kier alpha value is -3.82. The third-order valence-electron chi connectivity index (χ3n) is 5.75. The molecule has 0 aromatic heterocycles. The monoisotopic (exact) mass is 573 g/mol. The maximum absolute atomic E-state index is 13.6. The van der Waals surface area contributed by atoms with Crippen LogP contribution in [0.1, 0.15) is 25.0 Å². The number of ether oxygens (including phenoxy) is 2. The van der Waals surface area contributed by atoms with E-state index in [0.29, 0.717) is 15.6 Å². The predicted molar refractivity (Wildman–Crippen MR) is 149 cm³/mol. The Balaban J connectivity index is 1.93. The Morgan fingerprint density at radius 3 is 2.33 bits per heavy atom. The number of rotatable bonds is 12. The minimum atomic E-state index is -0.869. The lowest BCUT2D eigenvalue weighted by atomic mass is 10.0. The van der Waals surface area contributed by atoms with Gasteiger partial charge in [0.15, 0.2) is 6.61 Å². The molecule has 1 N–H and O–H groups in total. The zero-order valence-electron chi connectivity index (χ0n) is 21.7. The van der Waals surface area contributed by atoms with Crippen LogP contribution in [-0.4, -0.2) is 47.4 Å². The number of nitro groups is 1. The van der Waals surface area contributed by atoms with Gasteiger partial charge in [-0.05, 0) is 43.2 Å². The lowest BCUT2D eigenvalue weighted by Crippen LogP contribution is -2.52. The van der Waals surface area contributed by atoms with Gasteiger partial charge in [0, 0.05) is 31.1 Å². The van der Waals surface area contributed by atoms with Gasteiger partial charge in [-0.2, -0.15) is 0 Å². The number of benzene rings is 3. The van der Waals surface area contributed by atoms with Crippen LogP contribution < -0.4 is 14.8 Å². The van der Waals surface area contributed by atoms with Crippen molar-refractivity contribution in [1.29, 1.82) is 0 Å². The molecule has 0 aliphatic carbocycles. The first-order valence-electron chi connectivity index (χ1n) is 12.1. The summed E-state index contributed by atoms with van der Waals surface area (Å²) in [5, 5.41) is 14.8. The fourth-order valence-corrected chi connectivity index (χ4v) is 4.22. The minimum absolute atomic E-state index is 0.00382. The van der Waals surface area contributed by atoms with Crippen LogP contribution in [0.3, 0.4) is 0 Å². The largest absolute Gasteiger partial charge is 0.490 e. The van der Waals surface area contributed by atoms with Crippen LogP contribution in [0.5, 0.6) is 11.5 Å². The van der Waals surface area contributed by atoms with Crippen molar-refractivity contribution in [3.63, 3.8) is 0 Å². The van der Waals surface area contributed by atoms with E-state index in [1.807, 2.05) is 44.2 Å². The predicted octanol–water partition coefficient (Wildman–Crippen LogP) is 5.45. The van der Waals surface area contributed by atoms with Gasteiger partial charge in [0.1, 0.15) is 11.8 Å². The van der Waals surface area contributed by atoms with E-state index >= 15 is 0 Å². The number of methoxy groups -OCH3 is 1. The van der Waals surface area contributed by atoms with Crippen molar-refractivity contribution in [3.05, 3.63) is 98.0 Å². The highest BCUT2D eigenvalue weighted by atomic mass is 35.5. The Kier molecular flexibility index (Phi) is 10.5. The van der Waals surface area contributed by atoms with Crippen LogP contribution in [0, 0.1) is 10.1 Å². The number of halogens is 2. The zero-order chi connectivity index (χ0) is 28.5. The molecule has 0 fully saturated rings. The summed E-state index contributed by atoms with van der Waals surface area (Å²) >= 11 is 12.3. The van der Waals surface area contributed by atoms with E-state index in [4.69, 9.17) is 32.7 Å². The highest BCUT2D eigenvalue weighted by Crippen LogP contribution is 2.31.